The molecule has 6 nitrogen and oxygen atoms in total. The zero-order valence-corrected chi connectivity index (χ0v) is 13.7. The van der Waals surface area contributed by atoms with Crippen LogP contribution in [0.15, 0.2) is 12.3 Å². The number of aromatic amines is 1. The number of nitrogens with zero attached hydrogens (tertiary/aromatic N) is 3. The summed E-state index contributed by atoms with van der Waals surface area (Å²) in [5.41, 5.74) is -0.478. The Bertz CT molecular complexity index is 556. The number of aromatic nitrogens is 2. The monoisotopic (exact) mass is 342 g/mol. The smallest absolute Gasteiger partial charge is 0.271 e. The average molecular weight is 342 g/mol. The van der Waals surface area contributed by atoms with Crippen molar-refractivity contribution < 1.29 is 18.7 Å². The van der Waals surface area contributed by atoms with Gasteiger partial charge in [-0.2, -0.15) is 5.10 Å². The van der Waals surface area contributed by atoms with Crippen molar-refractivity contribution in [2.45, 2.75) is 43.6 Å². The Morgan fingerprint density at radius 3 is 2.62 bits per heavy atom. The van der Waals surface area contributed by atoms with Gasteiger partial charge in [0.15, 0.2) is 0 Å². The Balaban J connectivity index is 1.55. The standard InChI is InChI=1S/C16H24F2N4O2/c17-16(18)5-9-21(10-6-16)12-15(24)3-1-8-22(11-4-15)14(23)13-2-7-19-20-13/h2,7,24H,1,3-6,8-12H2,(H,19,20)/t15-/m1/s1. The van der Waals surface area contributed by atoms with E-state index in [0.29, 0.717) is 57.7 Å². The van der Waals surface area contributed by atoms with Gasteiger partial charge in [-0.1, -0.05) is 0 Å². The molecule has 2 saturated heterocycles. The number of H-pyrrole nitrogens is 1. The van der Waals surface area contributed by atoms with Crippen molar-refractivity contribution in [3.05, 3.63) is 18.0 Å². The van der Waals surface area contributed by atoms with E-state index in [1.807, 2.05) is 4.90 Å². The van der Waals surface area contributed by atoms with Gasteiger partial charge in [-0.15, -0.1) is 0 Å². The van der Waals surface area contributed by atoms with Gasteiger partial charge in [0.05, 0.1) is 5.60 Å². The quantitative estimate of drug-likeness (QED) is 0.873. The summed E-state index contributed by atoms with van der Waals surface area (Å²) in [6, 6.07) is 1.63. The zero-order valence-electron chi connectivity index (χ0n) is 13.7. The first-order valence-electron chi connectivity index (χ1n) is 8.48. The van der Waals surface area contributed by atoms with Crippen LogP contribution in [0.2, 0.25) is 0 Å². The van der Waals surface area contributed by atoms with E-state index in [1.54, 1.807) is 11.0 Å². The third-order valence-corrected chi connectivity index (χ3v) is 5.04. The molecule has 0 bridgehead atoms. The molecule has 1 aromatic heterocycles. The molecule has 134 valence electrons. The van der Waals surface area contributed by atoms with Gasteiger partial charge in [-0.25, -0.2) is 8.78 Å². The maximum atomic E-state index is 13.3. The van der Waals surface area contributed by atoms with E-state index >= 15 is 0 Å². The van der Waals surface area contributed by atoms with Crippen molar-refractivity contribution in [1.82, 2.24) is 20.0 Å². The molecule has 2 aliphatic heterocycles. The maximum Gasteiger partial charge on any atom is 0.271 e. The number of aliphatic hydroxyl groups is 1. The van der Waals surface area contributed by atoms with Gasteiger partial charge in [-0.3, -0.25) is 9.89 Å². The van der Waals surface area contributed by atoms with Gasteiger partial charge in [0.25, 0.3) is 11.8 Å². The number of piperidine rings is 1. The summed E-state index contributed by atoms with van der Waals surface area (Å²) >= 11 is 0. The van der Waals surface area contributed by atoms with E-state index in [1.165, 1.54) is 6.20 Å². The number of carbonyl (C=O) groups excluding carboxylic acids is 1. The highest BCUT2D eigenvalue weighted by Gasteiger charge is 2.38. The normalized spacial score (nSPS) is 28.5. The first-order chi connectivity index (χ1) is 11.4. The Hall–Kier alpha value is -1.54. The number of amides is 1. The second-order valence-electron chi connectivity index (χ2n) is 6.97. The fraction of sp³-hybridized carbons (Fsp3) is 0.750. The maximum absolute atomic E-state index is 13.3. The minimum Gasteiger partial charge on any atom is -0.388 e. The molecule has 2 fully saturated rings. The summed E-state index contributed by atoms with van der Waals surface area (Å²) < 4.78 is 26.5. The van der Waals surface area contributed by atoms with Crippen LogP contribution in [0, 0.1) is 0 Å². The molecule has 8 heteroatoms. The summed E-state index contributed by atoms with van der Waals surface area (Å²) in [5.74, 6) is -2.69. The lowest BCUT2D eigenvalue weighted by Gasteiger charge is -2.37. The van der Waals surface area contributed by atoms with Gasteiger partial charge in [0.1, 0.15) is 5.69 Å². The molecule has 0 radical (unpaired) electrons. The number of nitrogens with one attached hydrogen (secondary N) is 1. The molecule has 1 amide bonds. The van der Waals surface area contributed by atoms with Crippen molar-refractivity contribution in [3.8, 4) is 0 Å². The number of rotatable bonds is 3. The Labute approximate surface area is 139 Å². The summed E-state index contributed by atoms with van der Waals surface area (Å²) in [6.07, 6.45) is 2.97. The van der Waals surface area contributed by atoms with Crippen molar-refractivity contribution in [2.24, 2.45) is 0 Å². The first-order valence-corrected chi connectivity index (χ1v) is 8.48. The molecule has 0 unspecified atom stereocenters. The summed E-state index contributed by atoms with van der Waals surface area (Å²) in [7, 11) is 0. The topological polar surface area (TPSA) is 72.5 Å². The molecule has 1 aromatic rings. The lowest BCUT2D eigenvalue weighted by molar-refractivity contribution is -0.0768. The summed E-state index contributed by atoms with van der Waals surface area (Å²) in [6.45, 7) is 2.06. The molecule has 3 heterocycles. The summed E-state index contributed by atoms with van der Waals surface area (Å²) in [5, 5.41) is 17.3. The predicted octanol–water partition coefficient (Wildman–Crippen LogP) is 1.50. The van der Waals surface area contributed by atoms with E-state index in [4.69, 9.17) is 0 Å². The molecule has 2 N–H and O–H groups in total. The van der Waals surface area contributed by atoms with Gasteiger partial charge >= 0.3 is 0 Å². The van der Waals surface area contributed by atoms with Crippen LogP contribution in [-0.4, -0.2) is 75.3 Å². The number of β-amino-alcohol motifs (C(OH)–C–C–N with tert-alkyl or cyclic N) is 1. The number of likely N-dealkylation sites (tertiary alicyclic amines) is 2. The van der Waals surface area contributed by atoms with Crippen LogP contribution in [0.1, 0.15) is 42.6 Å². The average Bonchev–Trinajstić information content (AvgIpc) is 3.00. The van der Waals surface area contributed by atoms with Crippen molar-refractivity contribution in [3.63, 3.8) is 0 Å². The van der Waals surface area contributed by atoms with Crippen LogP contribution in [-0.2, 0) is 0 Å². The number of carbonyl (C=O) groups is 1. The first kappa shape index (κ1) is 17.3. The highest BCUT2D eigenvalue weighted by atomic mass is 19.3. The zero-order chi connectivity index (χ0) is 17.2. The van der Waals surface area contributed by atoms with E-state index in [-0.39, 0.29) is 18.7 Å². The number of hydrogen-bond donors (Lipinski definition) is 2. The minimum absolute atomic E-state index is 0.116. The molecule has 3 rings (SSSR count). The second kappa shape index (κ2) is 6.76. The largest absolute Gasteiger partial charge is 0.388 e. The molecule has 0 aliphatic carbocycles. The fourth-order valence-corrected chi connectivity index (χ4v) is 3.54. The number of halogens is 2. The van der Waals surface area contributed by atoms with Crippen LogP contribution >= 0.6 is 0 Å². The van der Waals surface area contributed by atoms with Crippen LogP contribution in [0.4, 0.5) is 8.78 Å². The Morgan fingerprint density at radius 2 is 1.96 bits per heavy atom. The van der Waals surface area contributed by atoms with Crippen LogP contribution in [0.25, 0.3) is 0 Å². The fourth-order valence-electron chi connectivity index (χ4n) is 3.54. The summed E-state index contributed by atoms with van der Waals surface area (Å²) in [4.78, 5) is 16.0. The molecule has 2 aliphatic rings. The molecular formula is C16H24F2N4O2. The minimum atomic E-state index is -2.57. The van der Waals surface area contributed by atoms with Gasteiger partial charge in [-0.05, 0) is 25.3 Å². The van der Waals surface area contributed by atoms with Crippen LogP contribution in [0.5, 0.6) is 0 Å². The highest BCUT2D eigenvalue weighted by molar-refractivity contribution is 5.92. The second-order valence-corrected chi connectivity index (χ2v) is 6.97. The van der Waals surface area contributed by atoms with E-state index in [0.717, 1.165) is 0 Å². The molecule has 24 heavy (non-hydrogen) atoms. The molecule has 0 aromatic carbocycles. The van der Waals surface area contributed by atoms with Gasteiger partial charge < -0.3 is 14.9 Å². The lowest BCUT2D eigenvalue weighted by atomic mass is 9.93. The van der Waals surface area contributed by atoms with Gasteiger partial charge in [0.2, 0.25) is 0 Å². The SMILES string of the molecule is O=C(c1ccn[nH]1)N1CCC[C@](O)(CN2CCC(F)(F)CC2)CC1. The number of hydrogen-bond acceptors (Lipinski definition) is 4. The van der Waals surface area contributed by atoms with Crippen molar-refractivity contribution in [2.75, 3.05) is 32.7 Å². The van der Waals surface area contributed by atoms with Crippen LogP contribution < -0.4 is 0 Å². The predicted molar refractivity (Wildman–Crippen MR) is 83.9 cm³/mol. The Kier molecular flexibility index (Phi) is 4.87. The van der Waals surface area contributed by atoms with Crippen molar-refractivity contribution >= 4 is 5.91 Å². The van der Waals surface area contributed by atoms with E-state index < -0.39 is 11.5 Å². The van der Waals surface area contributed by atoms with Crippen molar-refractivity contribution in [1.29, 1.82) is 0 Å². The number of alkyl halides is 2. The third kappa shape index (κ3) is 4.10. The molecule has 0 spiro atoms. The third-order valence-electron chi connectivity index (χ3n) is 5.04. The Morgan fingerprint density at radius 1 is 1.21 bits per heavy atom. The van der Waals surface area contributed by atoms with E-state index in [9.17, 15) is 18.7 Å². The van der Waals surface area contributed by atoms with E-state index in [2.05, 4.69) is 10.2 Å². The molecule has 0 saturated carbocycles. The van der Waals surface area contributed by atoms with Gasteiger partial charge in [0, 0.05) is 51.8 Å². The van der Waals surface area contributed by atoms with Crippen LogP contribution in [0.3, 0.4) is 0 Å². The highest BCUT2D eigenvalue weighted by Crippen LogP contribution is 2.30. The molecular weight excluding hydrogens is 318 g/mol. The lowest BCUT2D eigenvalue weighted by Crippen LogP contribution is -2.48. The molecule has 1 atom stereocenters.